The first-order chi connectivity index (χ1) is 17.2. The van der Waals surface area contributed by atoms with E-state index in [9.17, 15) is 4.79 Å². The molecule has 2 N–H and O–H groups in total. The molecule has 1 spiro atoms. The molecule has 36 heavy (non-hydrogen) atoms. The second kappa shape index (κ2) is 13.1. The van der Waals surface area contributed by atoms with Crippen molar-refractivity contribution < 1.29 is 9.63 Å². The van der Waals surface area contributed by atoms with E-state index in [1.54, 1.807) is 30.3 Å². The Morgan fingerprint density at radius 3 is 2.36 bits per heavy atom. The van der Waals surface area contributed by atoms with E-state index in [2.05, 4.69) is 5.59 Å². The second-order valence-electron chi connectivity index (χ2n) is 9.20. The topological polar surface area (TPSA) is 71.9 Å². The van der Waals surface area contributed by atoms with Crippen LogP contribution in [0.3, 0.4) is 0 Å². The van der Waals surface area contributed by atoms with Gasteiger partial charge in [0.1, 0.15) is 0 Å². The summed E-state index contributed by atoms with van der Waals surface area (Å²) in [6.45, 7) is 5.73. The second-order valence-corrected chi connectivity index (χ2v) is 10.1. The number of nitrogens with one attached hydrogen (secondary N) is 2. The van der Waals surface area contributed by atoms with Crippen LogP contribution in [0.5, 0.6) is 5.75 Å². The predicted molar refractivity (Wildman–Crippen MR) is 146 cm³/mol. The first-order valence-electron chi connectivity index (χ1n) is 12.2. The summed E-state index contributed by atoms with van der Waals surface area (Å²) >= 11 is 11.6. The standard InChI is InChI=1S/C20H28ClN5O2.C7H7Cl/c1-3-11-24(2)18(22)19(27)26-13-12-25(15-20(26)9-4-5-10-20)23-28-17-8-6-7-16(21)14-17;1-6-3-2-4-7(8)5-6/h3,6-8,11,14,22-23H,4-5,9-10,12-13,15H2,1-2H3;2-5H,1H3/b11-3+,22-18?;. The van der Waals surface area contributed by atoms with E-state index in [0.717, 1.165) is 30.7 Å². The van der Waals surface area contributed by atoms with Gasteiger partial charge in [-0.15, -0.1) is 0 Å². The van der Waals surface area contributed by atoms with Crippen molar-refractivity contribution in [1.82, 2.24) is 20.4 Å². The molecule has 1 saturated carbocycles. The molecule has 9 heteroatoms. The number of hydrogen-bond acceptors (Lipinski definition) is 5. The molecule has 1 heterocycles. The number of carbonyl (C=O) groups is 1. The van der Waals surface area contributed by atoms with E-state index in [0.29, 0.717) is 30.4 Å². The van der Waals surface area contributed by atoms with Crippen LogP contribution >= 0.6 is 23.2 Å². The lowest BCUT2D eigenvalue weighted by Gasteiger charge is -2.48. The van der Waals surface area contributed by atoms with Crippen molar-refractivity contribution in [3.05, 3.63) is 76.4 Å². The Morgan fingerprint density at radius 1 is 1.11 bits per heavy atom. The van der Waals surface area contributed by atoms with Gasteiger partial charge in [0.15, 0.2) is 11.6 Å². The summed E-state index contributed by atoms with van der Waals surface area (Å²) in [4.78, 5) is 22.2. The molecule has 0 unspecified atom stereocenters. The fourth-order valence-corrected chi connectivity index (χ4v) is 5.09. The van der Waals surface area contributed by atoms with Gasteiger partial charge in [-0.1, -0.05) is 65.9 Å². The van der Waals surface area contributed by atoms with Crippen LogP contribution in [0.1, 0.15) is 38.2 Å². The van der Waals surface area contributed by atoms with Crippen LogP contribution in [0.15, 0.2) is 60.8 Å². The van der Waals surface area contributed by atoms with Crippen molar-refractivity contribution in [2.75, 3.05) is 26.7 Å². The van der Waals surface area contributed by atoms with Crippen molar-refractivity contribution in [2.45, 2.75) is 45.1 Å². The summed E-state index contributed by atoms with van der Waals surface area (Å²) in [5, 5.41) is 11.7. The zero-order chi connectivity index (χ0) is 26.1. The summed E-state index contributed by atoms with van der Waals surface area (Å²) in [7, 11) is 1.73. The average Bonchev–Trinajstić information content (AvgIpc) is 3.30. The fraction of sp³-hybridized carbons (Fsp3) is 0.407. The first-order valence-corrected chi connectivity index (χ1v) is 12.9. The molecule has 2 aromatic carbocycles. The zero-order valence-electron chi connectivity index (χ0n) is 21.1. The summed E-state index contributed by atoms with van der Waals surface area (Å²) in [5.74, 6) is 0.431. The van der Waals surface area contributed by atoms with Crippen LogP contribution in [-0.4, -0.2) is 58.8 Å². The molecule has 7 nitrogen and oxygen atoms in total. The number of hydrazine groups is 1. The first kappa shape index (κ1) is 28.0. The van der Waals surface area contributed by atoms with Crippen molar-refractivity contribution in [3.8, 4) is 5.75 Å². The molecule has 1 aliphatic carbocycles. The predicted octanol–water partition coefficient (Wildman–Crippen LogP) is 5.69. The van der Waals surface area contributed by atoms with Crippen LogP contribution in [0.25, 0.3) is 0 Å². The number of nitrogens with zero attached hydrogens (tertiary/aromatic N) is 3. The summed E-state index contributed by atoms with van der Waals surface area (Å²) < 4.78 is 0. The minimum Gasteiger partial charge on any atom is -0.394 e. The van der Waals surface area contributed by atoms with Crippen LogP contribution < -0.4 is 10.4 Å². The zero-order valence-corrected chi connectivity index (χ0v) is 22.6. The smallest absolute Gasteiger partial charge is 0.289 e. The van der Waals surface area contributed by atoms with Crippen molar-refractivity contribution in [1.29, 1.82) is 5.41 Å². The third kappa shape index (κ3) is 7.46. The maximum Gasteiger partial charge on any atom is 0.289 e. The highest BCUT2D eigenvalue weighted by atomic mass is 35.5. The number of rotatable bonds is 4. The van der Waals surface area contributed by atoms with Gasteiger partial charge >= 0.3 is 0 Å². The van der Waals surface area contributed by atoms with Crippen molar-refractivity contribution >= 4 is 34.9 Å². The van der Waals surface area contributed by atoms with E-state index < -0.39 is 0 Å². The summed E-state index contributed by atoms with van der Waals surface area (Å²) in [6, 6.07) is 15.0. The Bertz CT molecular complexity index is 1050. The van der Waals surface area contributed by atoms with Gasteiger partial charge in [-0.2, -0.15) is 0 Å². The number of amidine groups is 1. The Hall–Kier alpha value is -2.58. The van der Waals surface area contributed by atoms with Gasteiger partial charge < -0.3 is 14.6 Å². The van der Waals surface area contributed by atoms with Gasteiger partial charge in [-0.3, -0.25) is 10.2 Å². The molecule has 1 saturated heterocycles. The van der Waals surface area contributed by atoms with Crippen molar-refractivity contribution in [2.24, 2.45) is 0 Å². The highest BCUT2D eigenvalue weighted by Gasteiger charge is 2.47. The lowest BCUT2D eigenvalue weighted by atomic mass is 9.92. The number of aryl methyl sites for hydroxylation is 1. The average molecular weight is 533 g/mol. The molecule has 2 fully saturated rings. The molecule has 0 radical (unpaired) electrons. The maximum absolute atomic E-state index is 13.0. The number of carbonyl (C=O) groups excluding carboxylic acids is 1. The van der Waals surface area contributed by atoms with Crippen LogP contribution in [0.2, 0.25) is 10.0 Å². The van der Waals surface area contributed by atoms with Gasteiger partial charge in [-0.25, -0.2) is 5.01 Å². The van der Waals surface area contributed by atoms with Gasteiger partial charge in [-0.05, 0) is 56.5 Å². The van der Waals surface area contributed by atoms with E-state index >= 15 is 0 Å². The van der Waals surface area contributed by atoms with E-state index in [-0.39, 0.29) is 17.3 Å². The number of halogens is 2. The molecule has 0 aromatic heterocycles. The normalized spacial score (nSPS) is 17.1. The van der Waals surface area contributed by atoms with Gasteiger partial charge in [0.2, 0.25) is 0 Å². The van der Waals surface area contributed by atoms with Crippen LogP contribution in [-0.2, 0) is 4.79 Å². The quantitative estimate of drug-likeness (QED) is 0.301. The monoisotopic (exact) mass is 531 g/mol. The number of likely N-dealkylation sites (N-methyl/N-ethyl adjacent to an activating group) is 1. The fourth-order valence-electron chi connectivity index (χ4n) is 4.66. The van der Waals surface area contributed by atoms with E-state index in [4.69, 9.17) is 33.4 Å². The Morgan fingerprint density at radius 2 is 1.78 bits per heavy atom. The molecule has 0 bridgehead atoms. The Kier molecular flexibility index (Phi) is 10.2. The van der Waals surface area contributed by atoms with Crippen molar-refractivity contribution in [3.63, 3.8) is 0 Å². The lowest BCUT2D eigenvalue weighted by Crippen LogP contribution is -2.66. The van der Waals surface area contributed by atoms with Crippen LogP contribution in [0, 0.1) is 12.3 Å². The van der Waals surface area contributed by atoms with Crippen LogP contribution in [0.4, 0.5) is 0 Å². The third-order valence-corrected chi connectivity index (χ3v) is 6.90. The number of hydrogen-bond donors (Lipinski definition) is 2. The molecule has 4 rings (SSSR count). The van der Waals surface area contributed by atoms with E-state index in [1.165, 1.54) is 5.56 Å². The minimum atomic E-state index is -0.261. The Labute approximate surface area is 224 Å². The number of benzene rings is 2. The molecule has 2 aromatic rings. The number of allylic oxidation sites excluding steroid dienone is 1. The lowest BCUT2D eigenvalue weighted by molar-refractivity contribution is -0.141. The summed E-state index contributed by atoms with van der Waals surface area (Å²) in [6.07, 6.45) is 7.61. The van der Waals surface area contributed by atoms with Gasteiger partial charge in [0.25, 0.3) is 5.91 Å². The molecule has 1 amide bonds. The molecular formula is C27H35Cl2N5O2. The summed E-state index contributed by atoms with van der Waals surface area (Å²) in [5.41, 5.74) is 3.95. The van der Waals surface area contributed by atoms with E-state index in [1.807, 2.05) is 66.2 Å². The van der Waals surface area contributed by atoms with Gasteiger partial charge in [0, 0.05) is 49.0 Å². The number of piperazine rings is 1. The largest absolute Gasteiger partial charge is 0.394 e. The molecular weight excluding hydrogens is 497 g/mol. The highest BCUT2D eigenvalue weighted by Crippen LogP contribution is 2.38. The molecule has 2 aliphatic rings. The number of amides is 1. The SMILES string of the molecule is C/C=C/N(C)C(=N)C(=O)N1CCN(NOc2cccc(Cl)c2)CC12CCCC2.Cc1cccc(Cl)c1. The minimum absolute atomic E-state index is 0.000890. The maximum atomic E-state index is 13.0. The molecule has 0 atom stereocenters. The molecule has 1 aliphatic heterocycles. The Balaban J connectivity index is 0.000000383. The third-order valence-electron chi connectivity index (χ3n) is 6.43. The van der Waals surface area contributed by atoms with Gasteiger partial charge in [0.05, 0.1) is 5.54 Å². The molecule has 194 valence electrons. The highest BCUT2D eigenvalue weighted by molar-refractivity contribution is 6.36.